The van der Waals surface area contributed by atoms with Crippen molar-refractivity contribution in [3.63, 3.8) is 0 Å². The lowest BCUT2D eigenvalue weighted by atomic mass is 9.96. The molecule has 1 saturated carbocycles. The van der Waals surface area contributed by atoms with Crippen LogP contribution in [0.4, 0.5) is 0 Å². The molecular formula is C21H26N2O4S. The van der Waals surface area contributed by atoms with Crippen LogP contribution in [0.15, 0.2) is 59.5 Å². The lowest BCUT2D eigenvalue weighted by molar-refractivity contribution is -0.125. The minimum atomic E-state index is -3.93. The summed E-state index contributed by atoms with van der Waals surface area (Å²) >= 11 is 0. The van der Waals surface area contributed by atoms with Crippen LogP contribution in [0.5, 0.6) is 0 Å². The minimum absolute atomic E-state index is 0.0551. The average Bonchev–Trinajstić information content (AvgIpc) is 3.46. The number of hydrogen-bond donors (Lipinski definition) is 3. The summed E-state index contributed by atoms with van der Waals surface area (Å²) in [5.74, 6) is -0.534. The Morgan fingerprint density at radius 3 is 2.25 bits per heavy atom. The van der Waals surface area contributed by atoms with E-state index >= 15 is 0 Å². The van der Waals surface area contributed by atoms with Gasteiger partial charge in [0.2, 0.25) is 15.9 Å². The summed E-state index contributed by atoms with van der Waals surface area (Å²) < 4.78 is 27.5. The Balaban J connectivity index is 1.68. The van der Waals surface area contributed by atoms with Gasteiger partial charge in [0.05, 0.1) is 11.0 Å². The van der Waals surface area contributed by atoms with E-state index in [0.29, 0.717) is 6.54 Å². The summed E-state index contributed by atoms with van der Waals surface area (Å²) in [5.41, 5.74) is 1.99. The molecule has 0 aliphatic heterocycles. The summed E-state index contributed by atoms with van der Waals surface area (Å²) in [4.78, 5) is 12.7. The Hall–Kier alpha value is -2.22. The predicted molar refractivity (Wildman–Crippen MR) is 107 cm³/mol. The number of benzene rings is 2. The molecule has 2 aromatic carbocycles. The number of aliphatic hydroxyl groups excluding tert-OH is 1. The maximum Gasteiger partial charge on any atom is 0.241 e. The molecule has 0 aromatic heterocycles. The smallest absolute Gasteiger partial charge is 0.241 e. The minimum Gasteiger partial charge on any atom is -0.391 e. The normalized spacial score (nSPS) is 17.5. The fourth-order valence-electron chi connectivity index (χ4n) is 3.20. The highest BCUT2D eigenvalue weighted by atomic mass is 32.2. The molecule has 1 aliphatic rings. The maximum absolute atomic E-state index is 12.7. The second-order valence-electron chi connectivity index (χ2n) is 7.52. The number of amides is 1. The van der Waals surface area contributed by atoms with Crippen molar-refractivity contribution in [2.24, 2.45) is 0 Å². The Morgan fingerprint density at radius 2 is 1.71 bits per heavy atom. The first kappa shape index (κ1) is 20.5. The van der Waals surface area contributed by atoms with Crippen LogP contribution in [-0.2, 0) is 20.2 Å². The molecule has 0 spiro atoms. The third-order valence-corrected chi connectivity index (χ3v) is 6.68. The van der Waals surface area contributed by atoms with Gasteiger partial charge in [-0.1, -0.05) is 48.0 Å². The van der Waals surface area contributed by atoms with E-state index in [-0.39, 0.29) is 10.3 Å². The molecule has 1 amide bonds. The Morgan fingerprint density at radius 1 is 1.11 bits per heavy atom. The quantitative estimate of drug-likeness (QED) is 0.628. The molecule has 0 heterocycles. The highest BCUT2D eigenvalue weighted by Gasteiger charge is 2.44. The maximum atomic E-state index is 12.7. The fraction of sp³-hybridized carbons (Fsp3) is 0.381. The molecule has 6 nitrogen and oxygen atoms in total. The average molecular weight is 403 g/mol. The monoisotopic (exact) mass is 402 g/mol. The van der Waals surface area contributed by atoms with Gasteiger partial charge >= 0.3 is 0 Å². The van der Waals surface area contributed by atoms with Crippen LogP contribution in [0.2, 0.25) is 0 Å². The molecule has 1 fully saturated rings. The summed E-state index contributed by atoms with van der Waals surface area (Å²) in [5, 5.41) is 12.8. The predicted octanol–water partition coefficient (Wildman–Crippen LogP) is 1.87. The van der Waals surface area contributed by atoms with Crippen molar-refractivity contribution < 1.29 is 18.3 Å². The van der Waals surface area contributed by atoms with Crippen molar-refractivity contribution in [2.75, 3.05) is 6.54 Å². The topological polar surface area (TPSA) is 95.5 Å². The summed E-state index contributed by atoms with van der Waals surface area (Å²) in [6.07, 6.45) is 0.754. The first-order valence-electron chi connectivity index (χ1n) is 9.34. The van der Waals surface area contributed by atoms with E-state index < -0.39 is 28.1 Å². The van der Waals surface area contributed by atoms with Crippen molar-refractivity contribution in [3.8, 4) is 0 Å². The van der Waals surface area contributed by atoms with Crippen LogP contribution >= 0.6 is 0 Å². The van der Waals surface area contributed by atoms with E-state index in [0.717, 1.165) is 24.0 Å². The number of nitrogens with one attached hydrogen (secondary N) is 2. The fourth-order valence-corrected chi connectivity index (χ4v) is 4.47. The molecule has 2 aromatic rings. The summed E-state index contributed by atoms with van der Waals surface area (Å²) in [7, 11) is -3.93. The molecule has 3 rings (SSSR count). The first-order chi connectivity index (χ1) is 13.2. The van der Waals surface area contributed by atoms with Crippen molar-refractivity contribution in [3.05, 3.63) is 65.7 Å². The first-order valence-corrected chi connectivity index (χ1v) is 10.8. The Kier molecular flexibility index (Phi) is 5.88. The van der Waals surface area contributed by atoms with Crippen LogP contribution in [0.1, 0.15) is 30.9 Å². The third kappa shape index (κ3) is 4.60. The number of carbonyl (C=O) groups excluding carboxylic acids is 1. The Labute approximate surface area is 166 Å². The number of hydrogen-bond acceptors (Lipinski definition) is 4. The third-order valence-electron chi connectivity index (χ3n) is 5.22. The zero-order chi connectivity index (χ0) is 20.4. The van der Waals surface area contributed by atoms with Gasteiger partial charge < -0.3 is 10.4 Å². The highest BCUT2D eigenvalue weighted by molar-refractivity contribution is 7.89. The molecule has 28 heavy (non-hydrogen) atoms. The molecule has 2 atom stereocenters. The molecule has 150 valence electrons. The SMILES string of the molecule is Cc1ccc(S(=O)(=O)NC(C(=O)NCC2(c3ccccc3)CC2)C(C)O)cc1. The molecule has 1 aliphatic carbocycles. The van der Waals surface area contributed by atoms with Gasteiger partial charge in [0.1, 0.15) is 6.04 Å². The summed E-state index contributed by atoms with van der Waals surface area (Å²) in [6.45, 7) is 3.66. The van der Waals surface area contributed by atoms with Gasteiger partial charge in [-0.05, 0) is 44.4 Å². The van der Waals surface area contributed by atoms with Crippen molar-refractivity contribution in [1.82, 2.24) is 10.0 Å². The molecule has 0 radical (unpaired) electrons. The molecule has 7 heteroatoms. The van der Waals surface area contributed by atoms with Gasteiger partial charge in [0, 0.05) is 12.0 Å². The number of rotatable bonds is 8. The van der Waals surface area contributed by atoms with Crippen LogP contribution in [0.25, 0.3) is 0 Å². The summed E-state index contributed by atoms with van der Waals surface area (Å²) in [6, 6.07) is 15.0. The van der Waals surface area contributed by atoms with E-state index in [9.17, 15) is 18.3 Å². The van der Waals surface area contributed by atoms with Gasteiger partial charge in [-0.25, -0.2) is 8.42 Å². The van der Waals surface area contributed by atoms with Crippen LogP contribution in [0, 0.1) is 6.92 Å². The van der Waals surface area contributed by atoms with Crippen LogP contribution < -0.4 is 10.0 Å². The largest absolute Gasteiger partial charge is 0.391 e. The number of aryl methyl sites for hydroxylation is 1. The van der Waals surface area contributed by atoms with Gasteiger partial charge in [0.25, 0.3) is 0 Å². The molecule has 0 saturated heterocycles. The van der Waals surface area contributed by atoms with Gasteiger partial charge in [-0.3, -0.25) is 4.79 Å². The van der Waals surface area contributed by atoms with Crippen molar-refractivity contribution in [1.29, 1.82) is 0 Å². The second kappa shape index (κ2) is 8.03. The van der Waals surface area contributed by atoms with E-state index in [1.54, 1.807) is 12.1 Å². The van der Waals surface area contributed by atoms with Crippen molar-refractivity contribution in [2.45, 2.75) is 49.1 Å². The lowest BCUT2D eigenvalue weighted by Crippen LogP contribution is -2.53. The highest BCUT2D eigenvalue weighted by Crippen LogP contribution is 2.47. The van der Waals surface area contributed by atoms with Crippen LogP contribution in [-0.4, -0.2) is 38.1 Å². The van der Waals surface area contributed by atoms with Crippen molar-refractivity contribution >= 4 is 15.9 Å². The van der Waals surface area contributed by atoms with Gasteiger partial charge in [-0.2, -0.15) is 4.72 Å². The molecular weight excluding hydrogens is 376 g/mol. The molecule has 3 N–H and O–H groups in total. The van der Waals surface area contributed by atoms with Crippen LogP contribution in [0.3, 0.4) is 0 Å². The van der Waals surface area contributed by atoms with E-state index in [4.69, 9.17) is 0 Å². The second-order valence-corrected chi connectivity index (χ2v) is 9.23. The lowest BCUT2D eigenvalue weighted by Gasteiger charge is -2.23. The number of aliphatic hydroxyl groups is 1. The van der Waals surface area contributed by atoms with Gasteiger partial charge in [-0.15, -0.1) is 0 Å². The standard InChI is InChI=1S/C21H26N2O4S/c1-15-8-10-18(11-9-15)28(26,27)23-19(16(2)24)20(25)22-14-21(12-13-21)17-6-4-3-5-7-17/h3-11,16,19,23-24H,12-14H2,1-2H3,(H,22,25). The van der Waals surface area contributed by atoms with Gasteiger partial charge in [0.15, 0.2) is 0 Å². The Bertz CT molecular complexity index is 921. The van der Waals surface area contributed by atoms with E-state index in [2.05, 4.69) is 10.0 Å². The number of sulfonamides is 1. The zero-order valence-electron chi connectivity index (χ0n) is 16.1. The molecule has 0 bridgehead atoms. The van der Waals surface area contributed by atoms with E-state index in [1.807, 2.05) is 37.3 Å². The zero-order valence-corrected chi connectivity index (χ0v) is 16.9. The molecule has 2 unspecified atom stereocenters. The number of carbonyl (C=O) groups is 1. The van der Waals surface area contributed by atoms with E-state index in [1.165, 1.54) is 19.1 Å².